The van der Waals surface area contributed by atoms with Gasteiger partial charge in [-0.15, -0.1) is 0 Å². The van der Waals surface area contributed by atoms with Crippen molar-refractivity contribution in [3.05, 3.63) is 46.7 Å². The van der Waals surface area contributed by atoms with Crippen molar-refractivity contribution in [3.63, 3.8) is 0 Å². The molecule has 4 rings (SSSR count). The van der Waals surface area contributed by atoms with Gasteiger partial charge in [-0.1, -0.05) is 11.6 Å². The Morgan fingerprint density at radius 3 is 3.00 bits per heavy atom. The van der Waals surface area contributed by atoms with Crippen LogP contribution in [0.5, 0.6) is 11.5 Å². The summed E-state index contributed by atoms with van der Waals surface area (Å²) in [6.45, 7) is 4.82. The van der Waals surface area contributed by atoms with Gasteiger partial charge in [-0.05, 0) is 36.8 Å². The number of halogens is 1. The fourth-order valence-corrected chi connectivity index (χ4v) is 3.87. The lowest BCUT2D eigenvalue weighted by molar-refractivity contribution is -0.133. The number of amides is 1. The predicted octanol–water partition coefficient (Wildman–Crippen LogP) is 3.45. The average Bonchev–Trinajstić information content (AvgIpc) is 2.94. The minimum absolute atomic E-state index is 0.0760. The van der Waals surface area contributed by atoms with E-state index in [2.05, 4.69) is 23.8 Å². The molecule has 2 aromatic rings. The molecule has 0 saturated heterocycles. The van der Waals surface area contributed by atoms with Gasteiger partial charge in [0.2, 0.25) is 5.91 Å². The van der Waals surface area contributed by atoms with Crippen LogP contribution in [0.25, 0.3) is 0 Å². The van der Waals surface area contributed by atoms with Crippen LogP contribution in [-0.4, -0.2) is 35.1 Å². The summed E-state index contributed by atoms with van der Waals surface area (Å²) in [6.07, 6.45) is 3.20. The van der Waals surface area contributed by atoms with Crippen molar-refractivity contribution < 1.29 is 14.3 Å². The zero-order valence-electron chi connectivity index (χ0n) is 14.2. The highest BCUT2D eigenvalue weighted by Crippen LogP contribution is 2.38. The van der Waals surface area contributed by atoms with Crippen LogP contribution in [0.15, 0.2) is 30.5 Å². The Hall–Kier alpha value is -2.14. The van der Waals surface area contributed by atoms with Gasteiger partial charge in [0.1, 0.15) is 0 Å². The van der Waals surface area contributed by atoms with Crippen molar-refractivity contribution in [1.82, 2.24) is 9.47 Å². The minimum Gasteiger partial charge on any atom is -0.489 e. The Balaban J connectivity index is 1.53. The van der Waals surface area contributed by atoms with Crippen molar-refractivity contribution in [1.29, 1.82) is 0 Å². The maximum absolute atomic E-state index is 12.9. The molecule has 6 heteroatoms. The molecule has 2 aliphatic rings. The van der Waals surface area contributed by atoms with E-state index in [0.717, 1.165) is 25.1 Å². The molecule has 0 N–H and O–H groups in total. The van der Waals surface area contributed by atoms with Crippen molar-refractivity contribution in [3.8, 4) is 11.5 Å². The zero-order chi connectivity index (χ0) is 17.4. The number of nitrogens with zero attached hydrogens (tertiary/aromatic N) is 2. The van der Waals surface area contributed by atoms with Gasteiger partial charge in [-0.3, -0.25) is 4.79 Å². The molecule has 1 amide bonds. The van der Waals surface area contributed by atoms with E-state index in [-0.39, 0.29) is 11.9 Å². The number of fused-ring (bicyclic) bond motifs is 2. The second-order valence-electron chi connectivity index (χ2n) is 6.52. The first kappa shape index (κ1) is 16.3. The molecule has 0 spiro atoms. The standard InChI is InChI=1S/C19H21ClN2O3/c1-13-16-4-2-5-21(16)6-7-22(13)18(23)12-14-10-15(20)19-17(11-14)24-8-3-9-25-19/h2,4-5,10-11,13H,3,6-9,12H2,1H3/t13-/m0/s1. The van der Waals surface area contributed by atoms with Crippen LogP contribution in [0.2, 0.25) is 5.02 Å². The molecule has 1 aromatic heterocycles. The monoisotopic (exact) mass is 360 g/mol. The Bertz CT molecular complexity index is 802. The lowest BCUT2D eigenvalue weighted by Crippen LogP contribution is -2.41. The molecule has 1 aromatic carbocycles. The maximum Gasteiger partial charge on any atom is 0.227 e. The Labute approximate surface area is 152 Å². The summed E-state index contributed by atoms with van der Waals surface area (Å²) in [4.78, 5) is 14.8. The zero-order valence-corrected chi connectivity index (χ0v) is 15.0. The van der Waals surface area contributed by atoms with Crippen molar-refractivity contribution in [2.24, 2.45) is 0 Å². The van der Waals surface area contributed by atoms with E-state index in [9.17, 15) is 4.79 Å². The topological polar surface area (TPSA) is 43.7 Å². The highest BCUT2D eigenvalue weighted by atomic mass is 35.5. The van der Waals surface area contributed by atoms with E-state index >= 15 is 0 Å². The third-order valence-corrected chi connectivity index (χ3v) is 5.16. The van der Waals surface area contributed by atoms with E-state index in [1.54, 1.807) is 0 Å². The van der Waals surface area contributed by atoms with Crippen LogP contribution in [0.1, 0.15) is 30.6 Å². The van der Waals surface area contributed by atoms with Gasteiger partial charge in [0.25, 0.3) is 0 Å². The second-order valence-corrected chi connectivity index (χ2v) is 6.93. The molecule has 0 fully saturated rings. The highest BCUT2D eigenvalue weighted by Gasteiger charge is 2.27. The summed E-state index contributed by atoms with van der Waals surface area (Å²) in [5, 5.41) is 0.503. The molecule has 0 radical (unpaired) electrons. The van der Waals surface area contributed by atoms with Gasteiger partial charge >= 0.3 is 0 Å². The third kappa shape index (κ3) is 3.09. The van der Waals surface area contributed by atoms with E-state index in [1.807, 2.05) is 23.1 Å². The predicted molar refractivity (Wildman–Crippen MR) is 95.3 cm³/mol. The first-order valence-corrected chi connectivity index (χ1v) is 9.04. The molecule has 0 unspecified atom stereocenters. The number of aromatic nitrogens is 1. The summed E-state index contributed by atoms with van der Waals surface area (Å²) in [5.74, 6) is 1.32. The fourth-order valence-electron chi connectivity index (χ4n) is 3.58. The molecule has 132 valence electrons. The van der Waals surface area contributed by atoms with E-state index in [1.165, 1.54) is 5.69 Å². The molecule has 5 nitrogen and oxygen atoms in total. The SMILES string of the molecule is C[C@H]1c2cccn2CCN1C(=O)Cc1cc(Cl)c2c(c1)OCCCO2. The molecular weight excluding hydrogens is 340 g/mol. The molecule has 25 heavy (non-hydrogen) atoms. The van der Waals surface area contributed by atoms with Gasteiger partial charge in [0, 0.05) is 31.4 Å². The Kier molecular flexibility index (Phi) is 4.34. The second kappa shape index (κ2) is 6.64. The van der Waals surface area contributed by atoms with E-state index in [4.69, 9.17) is 21.1 Å². The summed E-state index contributed by atoms with van der Waals surface area (Å²) in [5.41, 5.74) is 2.03. The van der Waals surface area contributed by atoms with Crippen LogP contribution in [0.4, 0.5) is 0 Å². The van der Waals surface area contributed by atoms with Gasteiger partial charge in [-0.25, -0.2) is 0 Å². The van der Waals surface area contributed by atoms with Crippen LogP contribution in [0.3, 0.4) is 0 Å². The minimum atomic E-state index is 0.0760. The fraction of sp³-hybridized carbons (Fsp3) is 0.421. The molecule has 1 atom stereocenters. The number of carbonyl (C=O) groups is 1. The molecule has 2 aliphatic heterocycles. The highest BCUT2D eigenvalue weighted by molar-refractivity contribution is 6.32. The Morgan fingerprint density at radius 1 is 1.28 bits per heavy atom. The first-order chi connectivity index (χ1) is 12.1. The lowest BCUT2D eigenvalue weighted by Gasteiger charge is -2.35. The first-order valence-electron chi connectivity index (χ1n) is 8.66. The molecular formula is C19H21ClN2O3. The van der Waals surface area contributed by atoms with Gasteiger partial charge in [-0.2, -0.15) is 0 Å². The lowest BCUT2D eigenvalue weighted by atomic mass is 10.1. The molecule has 0 saturated carbocycles. The molecule has 3 heterocycles. The third-order valence-electron chi connectivity index (χ3n) is 4.88. The summed E-state index contributed by atoms with van der Waals surface area (Å²) in [6, 6.07) is 7.87. The van der Waals surface area contributed by atoms with Crippen molar-refractivity contribution >= 4 is 17.5 Å². The van der Waals surface area contributed by atoms with Crippen LogP contribution < -0.4 is 9.47 Å². The van der Waals surface area contributed by atoms with Crippen LogP contribution in [0, 0.1) is 0 Å². The number of hydrogen-bond acceptors (Lipinski definition) is 3. The van der Waals surface area contributed by atoms with Gasteiger partial charge in [0.15, 0.2) is 11.5 Å². The quantitative estimate of drug-likeness (QED) is 0.824. The number of ether oxygens (including phenoxy) is 2. The number of rotatable bonds is 2. The van der Waals surface area contributed by atoms with Crippen LogP contribution in [-0.2, 0) is 17.8 Å². The van der Waals surface area contributed by atoms with Crippen molar-refractivity contribution in [2.75, 3.05) is 19.8 Å². The van der Waals surface area contributed by atoms with Crippen molar-refractivity contribution in [2.45, 2.75) is 32.4 Å². The van der Waals surface area contributed by atoms with Crippen LogP contribution >= 0.6 is 11.6 Å². The maximum atomic E-state index is 12.9. The normalized spacial score (nSPS) is 19.3. The Morgan fingerprint density at radius 2 is 2.12 bits per heavy atom. The smallest absolute Gasteiger partial charge is 0.227 e. The summed E-state index contributed by atoms with van der Waals surface area (Å²) < 4.78 is 13.6. The molecule has 0 aliphatic carbocycles. The largest absolute Gasteiger partial charge is 0.489 e. The summed E-state index contributed by atoms with van der Waals surface area (Å²) >= 11 is 6.34. The number of benzene rings is 1. The molecule has 0 bridgehead atoms. The van der Waals surface area contributed by atoms with Gasteiger partial charge < -0.3 is 18.9 Å². The van der Waals surface area contributed by atoms with E-state index < -0.39 is 0 Å². The van der Waals surface area contributed by atoms with Gasteiger partial charge in [0.05, 0.1) is 30.7 Å². The van der Waals surface area contributed by atoms with E-state index in [0.29, 0.717) is 36.2 Å². The number of carbonyl (C=O) groups excluding carboxylic acids is 1. The average molecular weight is 361 g/mol. The summed E-state index contributed by atoms with van der Waals surface area (Å²) in [7, 11) is 0. The number of hydrogen-bond donors (Lipinski definition) is 0.